The van der Waals surface area contributed by atoms with Crippen molar-refractivity contribution in [2.24, 2.45) is 0 Å². The smallest absolute Gasteiger partial charge is 0.414 e. The first-order valence-electron chi connectivity index (χ1n) is 7.58. The van der Waals surface area contributed by atoms with Crippen LogP contribution in [0.2, 0.25) is 0 Å². The van der Waals surface area contributed by atoms with E-state index in [-0.39, 0.29) is 5.88 Å². The van der Waals surface area contributed by atoms with E-state index in [0.29, 0.717) is 18.1 Å². The van der Waals surface area contributed by atoms with Crippen molar-refractivity contribution in [2.75, 3.05) is 46.3 Å². The minimum absolute atomic E-state index is 0.105. The van der Waals surface area contributed by atoms with Crippen molar-refractivity contribution in [1.82, 2.24) is 20.3 Å². The van der Waals surface area contributed by atoms with Gasteiger partial charge >= 0.3 is 6.09 Å². The first kappa shape index (κ1) is 15.6. The molecule has 3 heterocycles. The molecule has 0 bridgehead atoms. The number of rotatable bonds is 5. The molecule has 0 spiro atoms. The zero-order valence-electron chi connectivity index (χ0n) is 13.0. The fraction of sp³-hybridized carbons (Fsp3) is 0.467. The highest BCUT2D eigenvalue weighted by Crippen LogP contribution is 2.23. The molecule has 2 aromatic heterocycles. The normalized spacial score (nSPS) is 16.4. The van der Waals surface area contributed by atoms with Gasteiger partial charge in [-0.1, -0.05) is 0 Å². The summed E-state index contributed by atoms with van der Waals surface area (Å²) in [6, 6.07) is 4.99. The van der Waals surface area contributed by atoms with Crippen molar-refractivity contribution < 1.29 is 18.5 Å². The predicted molar refractivity (Wildman–Crippen MR) is 82.2 cm³/mol. The first-order valence-corrected chi connectivity index (χ1v) is 7.58. The van der Waals surface area contributed by atoms with E-state index in [4.69, 9.17) is 13.7 Å². The highest BCUT2D eigenvalue weighted by Gasteiger charge is 2.15. The molecule has 0 aliphatic carbocycles. The van der Waals surface area contributed by atoms with E-state index >= 15 is 0 Å². The summed E-state index contributed by atoms with van der Waals surface area (Å²) in [6.45, 7) is 5.48. The maximum Gasteiger partial charge on any atom is 0.414 e. The van der Waals surface area contributed by atoms with Gasteiger partial charge in [-0.3, -0.25) is 4.90 Å². The number of nitrogens with zero attached hydrogens (tertiary/aromatic N) is 3. The number of amides is 1. The number of piperazine rings is 1. The molecule has 1 saturated heterocycles. The van der Waals surface area contributed by atoms with Crippen LogP contribution in [0.5, 0.6) is 5.88 Å². The van der Waals surface area contributed by atoms with Crippen LogP contribution in [0.25, 0.3) is 11.5 Å². The lowest BCUT2D eigenvalue weighted by molar-refractivity contribution is 0.152. The standard InChI is InChI=1S/C15H20N4O4/c1-18-6-8-19(9-7-18)5-4-16-15(20)22-14-11-13(23-17-14)12-3-2-10-21-12/h2-3,10-11H,4-9H2,1H3,(H,16,20). The Labute approximate surface area is 134 Å². The molecule has 23 heavy (non-hydrogen) atoms. The molecule has 8 heteroatoms. The van der Waals surface area contributed by atoms with Gasteiger partial charge in [0.05, 0.1) is 12.3 Å². The minimum Gasteiger partial charge on any atom is -0.461 e. The zero-order valence-corrected chi connectivity index (χ0v) is 13.0. The third-order valence-electron chi connectivity index (χ3n) is 3.74. The topological polar surface area (TPSA) is 84.0 Å². The highest BCUT2D eigenvalue weighted by molar-refractivity contribution is 5.70. The average Bonchev–Trinajstić information content (AvgIpc) is 3.20. The number of hydrogen-bond donors (Lipinski definition) is 1. The molecule has 1 N–H and O–H groups in total. The number of carbonyl (C=O) groups excluding carboxylic acids is 1. The second-order valence-corrected chi connectivity index (χ2v) is 5.47. The van der Waals surface area contributed by atoms with Gasteiger partial charge in [-0.15, -0.1) is 0 Å². The SMILES string of the molecule is CN1CCN(CCNC(=O)Oc2cc(-c3ccco3)on2)CC1. The lowest BCUT2D eigenvalue weighted by atomic mass is 10.3. The third kappa shape index (κ3) is 4.33. The van der Waals surface area contributed by atoms with Crippen LogP contribution in [-0.4, -0.2) is 67.4 Å². The van der Waals surface area contributed by atoms with E-state index in [9.17, 15) is 4.79 Å². The summed E-state index contributed by atoms with van der Waals surface area (Å²) >= 11 is 0. The number of likely N-dealkylation sites (N-methyl/N-ethyl adjacent to an activating group) is 1. The van der Waals surface area contributed by atoms with Gasteiger partial charge in [0.1, 0.15) is 0 Å². The van der Waals surface area contributed by atoms with Crippen molar-refractivity contribution >= 4 is 6.09 Å². The lowest BCUT2D eigenvalue weighted by Gasteiger charge is -2.32. The molecule has 1 amide bonds. The number of ether oxygens (including phenoxy) is 1. The van der Waals surface area contributed by atoms with Crippen molar-refractivity contribution in [3.8, 4) is 17.4 Å². The second kappa shape index (κ2) is 7.30. The molecule has 124 valence electrons. The minimum atomic E-state index is -0.543. The van der Waals surface area contributed by atoms with Crippen molar-refractivity contribution in [3.05, 3.63) is 24.5 Å². The molecule has 3 rings (SSSR count). The van der Waals surface area contributed by atoms with Crippen LogP contribution in [0.3, 0.4) is 0 Å². The Balaban J connectivity index is 1.39. The molecule has 0 unspecified atom stereocenters. The Morgan fingerprint density at radius 1 is 1.35 bits per heavy atom. The number of carbonyl (C=O) groups is 1. The van der Waals surface area contributed by atoms with Crippen LogP contribution in [-0.2, 0) is 0 Å². The first-order chi connectivity index (χ1) is 11.2. The monoisotopic (exact) mass is 320 g/mol. The average molecular weight is 320 g/mol. The van der Waals surface area contributed by atoms with Gasteiger partial charge in [0.25, 0.3) is 5.88 Å². The van der Waals surface area contributed by atoms with E-state index in [2.05, 4.69) is 27.3 Å². The summed E-state index contributed by atoms with van der Waals surface area (Å²) in [5.41, 5.74) is 0. The van der Waals surface area contributed by atoms with Crippen LogP contribution < -0.4 is 10.1 Å². The quantitative estimate of drug-likeness (QED) is 0.888. The van der Waals surface area contributed by atoms with Gasteiger partial charge in [0.15, 0.2) is 5.76 Å². The molecule has 0 radical (unpaired) electrons. The zero-order chi connectivity index (χ0) is 16.1. The summed E-state index contributed by atoms with van der Waals surface area (Å²) in [5, 5.41) is 6.40. The molecule has 1 fully saturated rings. The van der Waals surface area contributed by atoms with Crippen LogP contribution >= 0.6 is 0 Å². The van der Waals surface area contributed by atoms with Gasteiger partial charge in [-0.2, -0.15) is 0 Å². The maximum atomic E-state index is 11.7. The fourth-order valence-electron chi connectivity index (χ4n) is 2.36. The van der Waals surface area contributed by atoms with Gasteiger partial charge < -0.3 is 23.9 Å². The molecule has 8 nitrogen and oxygen atoms in total. The van der Waals surface area contributed by atoms with E-state index in [1.165, 1.54) is 12.3 Å². The van der Waals surface area contributed by atoms with E-state index in [1.54, 1.807) is 12.1 Å². The van der Waals surface area contributed by atoms with E-state index in [0.717, 1.165) is 32.7 Å². The van der Waals surface area contributed by atoms with Crippen molar-refractivity contribution in [1.29, 1.82) is 0 Å². The second-order valence-electron chi connectivity index (χ2n) is 5.47. The number of aromatic nitrogens is 1. The number of furan rings is 1. The van der Waals surface area contributed by atoms with Gasteiger partial charge in [-0.25, -0.2) is 4.79 Å². The Morgan fingerprint density at radius 2 is 2.17 bits per heavy atom. The highest BCUT2D eigenvalue weighted by atomic mass is 16.6. The van der Waals surface area contributed by atoms with Crippen LogP contribution in [0.15, 0.2) is 33.4 Å². The van der Waals surface area contributed by atoms with Crippen LogP contribution in [0, 0.1) is 0 Å². The Hall–Kier alpha value is -2.32. The molecule has 0 aromatic carbocycles. The molecule has 1 aliphatic heterocycles. The Kier molecular flexibility index (Phi) is 4.94. The summed E-state index contributed by atoms with van der Waals surface area (Å²) in [7, 11) is 2.11. The van der Waals surface area contributed by atoms with Gasteiger partial charge in [-0.05, 0) is 24.3 Å². The lowest BCUT2D eigenvalue weighted by Crippen LogP contribution is -2.47. The van der Waals surface area contributed by atoms with E-state index < -0.39 is 6.09 Å². The largest absolute Gasteiger partial charge is 0.461 e. The summed E-state index contributed by atoms with van der Waals surface area (Å²) < 4.78 is 15.3. The summed E-state index contributed by atoms with van der Waals surface area (Å²) in [6.07, 6.45) is 0.988. The summed E-state index contributed by atoms with van der Waals surface area (Å²) in [4.78, 5) is 16.3. The number of nitrogens with one attached hydrogen (secondary N) is 1. The van der Waals surface area contributed by atoms with Crippen LogP contribution in [0.4, 0.5) is 4.79 Å². The van der Waals surface area contributed by atoms with E-state index in [1.807, 2.05) is 0 Å². The number of hydrogen-bond acceptors (Lipinski definition) is 7. The van der Waals surface area contributed by atoms with Crippen molar-refractivity contribution in [3.63, 3.8) is 0 Å². The molecule has 0 saturated carbocycles. The molecule has 1 aliphatic rings. The molecular weight excluding hydrogens is 300 g/mol. The molecular formula is C15H20N4O4. The third-order valence-corrected chi connectivity index (χ3v) is 3.74. The Morgan fingerprint density at radius 3 is 2.91 bits per heavy atom. The van der Waals surface area contributed by atoms with Crippen LogP contribution in [0.1, 0.15) is 0 Å². The Bertz CT molecular complexity index is 617. The fourth-order valence-corrected chi connectivity index (χ4v) is 2.36. The maximum absolute atomic E-state index is 11.7. The summed E-state index contributed by atoms with van der Waals surface area (Å²) in [5.74, 6) is 1.05. The molecule has 2 aromatic rings. The van der Waals surface area contributed by atoms with Crippen molar-refractivity contribution in [2.45, 2.75) is 0 Å². The predicted octanol–water partition coefficient (Wildman–Crippen LogP) is 1.27. The van der Waals surface area contributed by atoms with Gasteiger partial charge in [0.2, 0.25) is 5.76 Å². The van der Waals surface area contributed by atoms with Gasteiger partial charge in [0, 0.05) is 39.3 Å². The molecule has 0 atom stereocenters.